The van der Waals surface area contributed by atoms with Gasteiger partial charge in [0.2, 0.25) is 0 Å². The second-order valence-electron chi connectivity index (χ2n) is 4.67. The third-order valence-corrected chi connectivity index (χ3v) is 3.70. The van der Waals surface area contributed by atoms with Gasteiger partial charge in [0.05, 0.1) is 0 Å². The first-order chi connectivity index (χ1) is 6.92. The van der Waals surface area contributed by atoms with Crippen LogP contribution in [0.1, 0.15) is 45.4 Å². The quantitative estimate of drug-likeness (QED) is 0.689. The number of nitrogens with zero attached hydrogens (tertiary/aromatic N) is 1. The Balaban J connectivity index is 1.87. The maximum absolute atomic E-state index is 5.43. The van der Waals surface area contributed by atoms with Crippen molar-refractivity contribution in [2.45, 2.75) is 57.5 Å². The highest BCUT2D eigenvalue weighted by molar-refractivity contribution is 4.85. The Morgan fingerprint density at radius 3 is 2.71 bits per heavy atom. The van der Waals surface area contributed by atoms with Gasteiger partial charge in [-0.25, -0.2) is 0 Å². The van der Waals surface area contributed by atoms with Crippen LogP contribution in [0.2, 0.25) is 0 Å². The van der Waals surface area contributed by atoms with Crippen LogP contribution in [-0.2, 0) is 4.74 Å². The minimum absolute atomic E-state index is 0.836. The van der Waals surface area contributed by atoms with Gasteiger partial charge in [-0.1, -0.05) is 13.3 Å². The van der Waals surface area contributed by atoms with Crippen molar-refractivity contribution in [3.05, 3.63) is 0 Å². The molecule has 2 nitrogen and oxygen atoms in total. The predicted octanol–water partition coefficient (Wildman–Crippen LogP) is 2.43. The number of hydrogen-bond acceptors (Lipinski definition) is 2. The molecule has 0 bridgehead atoms. The summed E-state index contributed by atoms with van der Waals surface area (Å²) < 4.78 is 5.43. The van der Waals surface area contributed by atoms with Crippen LogP contribution in [-0.4, -0.2) is 36.7 Å². The van der Waals surface area contributed by atoms with Crippen molar-refractivity contribution < 1.29 is 4.74 Å². The predicted molar refractivity (Wildman–Crippen MR) is 58.5 cm³/mol. The summed E-state index contributed by atoms with van der Waals surface area (Å²) in [7, 11) is 0. The molecule has 0 N–H and O–H groups in total. The van der Waals surface area contributed by atoms with Crippen LogP contribution in [0.4, 0.5) is 0 Å². The SMILES string of the molecule is CCCC1CCCN1C1CCOCC1. The van der Waals surface area contributed by atoms with Gasteiger partial charge in [-0.15, -0.1) is 0 Å². The third-order valence-electron chi connectivity index (χ3n) is 3.70. The van der Waals surface area contributed by atoms with E-state index < -0.39 is 0 Å². The summed E-state index contributed by atoms with van der Waals surface area (Å²) in [5.74, 6) is 0. The van der Waals surface area contributed by atoms with E-state index in [0.29, 0.717) is 0 Å². The topological polar surface area (TPSA) is 12.5 Å². The molecule has 0 radical (unpaired) electrons. The van der Waals surface area contributed by atoms with Crippen molar-refractivity contribution in [2.24, 2.45) is 0 Å². The second kappa shape index (κ2) is 5.13. The zero-order chi connectivity index (χ0) is 9.80. The lowest BCUT2D eigenvalue weighted by atomic mass is 10.0. The highest BCUT2D eigenvalue weighted by Crippen LogP contribution is 2.27. The molecule has 14 heavy (non-hydrogen) atoms. The van der Waals surface area contributed by atoms with Gasteiger partial charge in [0.1, 0.15) is 0 Å². The Labute approximate surface area is 87.6 Å². The molecule has 0 saturated carbocycles. The van der Waals surface area contributed by atoms with Gasteiger partial charge in [0.15, 0.2) is 0 Å². The summed E-state index contributed by atoms with van der Waals surface area (Å²) in [4.78, 5) is 2.77. The van der Waals surface area contributed by atoms with Crippen LogP contribution in [0.3, 0.4) is 0 Å². The van der Waals surface area contributed by atoms with Crippen LogP contribution in [0.5, 0.6) is 0 Å². The first kappa shape index (κ1) is 10.4. The number of hydrogen-bond donors (Lipinski definition) is 0. The van der Waals surface area contributed by atoms with E-state index in [9.17, 15) is 0 Å². The first-order valence-corrected chi connectivity index (χ1v) is 6.25. The molecule has 2 aliphatic rings. The normalized spacial score (nSPS) is 31.1. The zero-order valence-electron chi connectivity index (χ0n) is 9.37. The highest BCUT2D eigenvalue weighted by atomic mass is 16.5. The lowest BCUT2D eigenvalue weighted by molar-refractivity contribution is 0.0281. The first-order valence-electron chi connectivity index (χ1n) is 6.25. The van der Waals surface area contributed by atoms with Crippen LogP contribution < -0.4 is 0 Å². The minimum atomic E-state index is 0.836. The van der Waals surface area contributed by atoms with Gasteiger partial charge >= 0.3 is 0 Å². The van der Waals surface area contributed by atoms with E-state index in [1.807, 2.05) is 0 Å². The molecule has 2 heteroatoms. The van der Waals surface area contributed by atoms with Crippen molar-refractivity contribution in [3.8, 4) is 0 Å². The molecule has 0 amide bonds. The average molecular weight is 197 g/mol. The summed E-state index contributed by atoms with van der Waals surface area (Å²) in [5, 5.41) is 0. The maximum atomic E-state index is 5.43. The van der Waals surface area contributed by atoms with E-state index >= 15 is 0 Å². The molecule has 82 valence electrons. The van der Waals surface area contributed by atoms with E-state index in [1.54, 1.807) is 0 Å². The molecule has 2 rings (SSSR count). The molecule has 0 aromatic heterocycles. The Bertz CT molecular complexity index is 166. The zero-order valence-corrected chi connectivity index (χ0v) is 9.37. The summed E-state index contributed by atoms with van der Waals surface area (Å²) in [6, 6.07) is 1.73. The van der Waals surface area contributed by atoms with Gasteiger partial charge < -0.3 is 4.74 Å². The number of rotatable bonds is 3. The molecular formula is C12H23NO. The molecule has 2 saturated heterocycles. The lowest BCUT2D eigenvalue weighted by Crippen LogP contribution is -2.42. The third kappa shape index (κ3) is 2.29. The van der Waals surface area contributed by atoms with Crippen molar-refractivity contribution in [1.82, 2.24) is 4.90 Å². The Morgan fingerprint density at radius 2 is 2.00 bits per heavy atom. The van der Waals surface area contributed by atoms with Gasteiger partial charge in [-0.2, -0.15) is 0 Å². The van der Waals surface area contributed by atoms with Crippen LogP contribution >= 0.6 is 0 Å². The van der Waals surface area contributed by atoms with Gasteiger partial charge in [-0.05, 0) is 38.6 Å². The summed E-state index contributed by atoms with van der Waals surface area (Å²) in [5.41, 5.74) is 0. The fourth-order valence-electron chi connectivity index (χ4n) is 3.00. The molecule has 0 aromatic rings. The largest absolute Gasteiger partial charge is 0.381 e. The van der Waals surface area contributed by atoms with Crippen LogP contribution in [0.15, 0.2) is 0 Å². The smallest absolute Gasteiger partial charge is 0.0480 e. The summed E-state index contributed by atoms with van der Waals surface area (Å²) >= 11 is 0. The molecule has 0 aromatic carbocycles. The van der Waals surface area contributed by atoms with E-state index in [0.717, 1.165) is 25.3 Å². The Kier molecular flexibility index (Phi) is 3.82. The molecule has 1 atom stereocenters. The molecule has 2 aliphatic heterocycles. The van der Waals surface area contributed by atoms with E-state index in [1.165, 1.54) is 45.1 Å². The fourth-order valence-corrected chi connectivity index (χ4v) is 3.00. The maximum Gasteiger partial charge on any atom is 0.0480 e. The van der Waals surface area contributed by atoms with Gasteiger partial charge in [-0.3, -0.25) is 4.90 Å². The Hall–Kier alpha value is -0.0800. The molecule has 2 heterocycles. The lowest BCUT2D eigenvalue weighted by Gasteiger charge is -2.35. The van der Waals surface area contributed by atoms with E-state index in [4.69, 9.17) is 4.74 Å². The average Bonchev–Trinajstić information content (AvgIpc) is 2.68. The highest BCUT2D eigenvalue weighted by Gasteiger charge is 2.30. The van der Waals surface area contributed by atoms with Crippen molar-refractivity contribution >= 4 is 0 Å². The molecule has 1 unspecified atom stereocenters. The summed E-state index contributed by atoms with van der Waals surface area (Å²) in [6.45, 7) is 5.62. The standard InChI is InChI=1S/C12H23NO/c1-2-4-11-5-3-8-13(11)12-6-9-14-10-7-12/h11-12H,2-10H2,1H3. The van der Waals surface area contributed by atoms with Gasteiger partial charge in [0.25, 0.3) is 0 Å². The fraction of sp³-hybridized carbons (Fsp3) is 1.00. The van der Waals surface area contributed by atoms with Crippen LogP contribution in [0.25, 0.3) is 0 Å². The van der Waals surface area contributed by atoms with E-state index in [2.05, 4.69) is 11.8 Å². The summed E-state index contributed by atoms with van der Waals surface area (Å²) in [6.07, 6.45) is 8.12. The molecular weight excluding hydrogens is 174 g/mol. The Morgan fingerprint density at radius 1 is 1.21 bits per heavy atom. The van der Waals surface area contributed by atoms with Crippen molar-refractivity contribution in [3.63, 3.8) is 0 Å². The number of ether oxygens (including phenoxy) is 1. The molecule has 0 aliphatic carbocycles. The molecule has 2 fully saturated rings. The second-order valence-corrected chi connectivity index (χ2v) is 4.67. The minimum Gasteiger partial charge on any atom is -0.381 e. The molecule has 0 spiro atoms. The van der Waals surface area contributed by atoms with Crippen LogP contribution in [0, 0.1) is 0 Å². The van der Waals surface area contributed by atoms with E-state index in [-0.39, 0.29) is 0 Å². The monoisotopic (exact) mass is 197 g/mol. The van der Waals surface area contributed by atoms with Crippen molar-refractivity contribution in [1.29, 1.82) is 0 Å². The van der Waals surface area contributed by atoms with Gasteiger partial charge in [0, 0.05) is 25.3 Å². The number of likely N-dealkylation sites (tertiary alicyclic amines) is 1. The van der Waals surface area contributed by atoms with Crippen molar-refractivity contribution in [2.75, 3.05) is 19.8 Å².